The Balaban J connectivity index is 1.74. The first-order chi connectivity index (χ1) is 12.5. The summed E-state index contributed by atoms with van der Waals surface area (Å²) >= 11 is 0. The van der Waals surface area contributed by atoms with Crippen LogP contribution in [0.4, 0.5) is 0 Å². The van der Waals surface area contributed by atoms with Gasteiger partial charge < -0.3 is 14.7 Å². The van der Waals surface area contributed by atoms with Crippen molar-refractivity contribution in [1.82, 2.24) is 25.3 Å². The molecular weight excluding hydrogens is 334 g/mol. The third kappa shape index (κ3) is 3.89. The molecule has 0 aromatic carbocycles. The maximum absolute atomic E-state index is 12.9. The Labute approximate surface area is 152 Å². The van der Waals surface area contributed by atoms with E-state index in [2.05, 4.69) is 20.4 Å². The van der Waals surface area contributed by atoms with Gasteiger partial charge in [-0.1, -0.05) is 5.16 Å². The molecule has 8 heteroatoms. The molecule has 2 aromatic heterocycles. The molecular formula is C18H23N5O3. The van der Waals surface area contributed by atoms with Crippen molar-refractivity contribution in [1.29, 1.82) is 0 Å². The molecule has 1 atom stereocenters. The van der Waals surface area contributed by atoms with Gasteiger partial charge in [0.2, 0.25) is 11.8 Å². The minimum absolute atomic E-state index is 0.0379. The van der Waals surface area contributed by atoms with E-state index < -0.39 is 0 Å². The Morgan fingerprint density at radius 3 is 2.85 bits per heavy atom. The topological polar surface area (TPSA) is 101 Å². The molecule has 0 aliphatic carbocycles. The third-order valence-electron chi connectivity index (χ3n) is 4.65. The maximum Gasteiger partial charge on any atom is 0.227 e. The minimum atomic E-state index is -0.116. The summed E-state index contributed by atoms with van der Waals surface area (Å²) < 4.78 is 5.15. The number of hydrogen-bond acceptors (Lipinski definition) is 6. The van der Waals surface area contributed by atoms with Crippen molar-refractivity contribution >= 4 is 11.8 Å². The smallest absolute Gasteiger partial charge is 0.227 e. The van der Waals surface area contributed by atoms with Crippen LogP contribution in [0.5, 0.6) is 0 Å². The average Bonchev–Trinajstić information content (AvgIpc) is 3.22. The van der Waals surface area contributed by atoms with Gasteiger partial charge in [0, 0.05) is 19.0 Å². The van der Waals surface area contributed by atoms with Crippen LogP contribution < -0.4 is 5.32 Å². The number of hydrogen-bond donors (Lipinski definition) is 1. The van der Waals surface area contributed by atoms with E-state index in [4.69, 9.17) is 4.52 Å². The molecule has 0 bridgehead atoms. The largest absolute Gasteiger partial charge is 0.361 e. The van der Waals surface area contributed by atoms with Gasteiger partial charge in [-0.2, -0.15) is 0 Å². The van der Waals surface area contributed by atoms with Crippen molar-refractivity contribution in [2.24, 2.45) is 0 Å². The van der Waals surface area contributed by atoms with Gasteiger partial charge in [-0.05, 0) is 26.7 Å². The van der Waals surface area contributed by atoms with E-state index in [-0.39, 0.29) is 24.3 Å². The molecule has 3 heterocycles. The molecule has 2 aromatic rings. The van der Waals surface area contributed by atoms with Crippen LogP contribution >= 0.6 is 0 Å². The summed E-state index contributed by atoms with van der Waals surface area (Å²) in [6.45, 7) is 6.16. The highest BCUT2D eigenvalue weighted by molar-refractivity contribution is 5.80. The zero-order valence-electron chi connectivity index (χ0n) is 15.3. The van der Waals surface area contributed by atoms with Crippen LogP contribution in [0.2, 0.25) is 0 Å². The van der Waals surface area contributed by atoms with Gasteiger partial charge in [-0.15, -0.1) is 0 Å². The highest BCUT2D eigenvalue weighted by Gasteiger charge is 2.32. The first kappa shape index (κ1) is 18.0. The number of carbonyl (C=O) groups excluding carboxylic acids is 2. The van der Waals surface area contributed by atoms with Gasteiger partial charge in [0.05, 0.1) is 48.5 Å². The van der Waals surface area contributed by atoms with E-state index in [9.17, 15) is 9.59 Å². The number of amides is 2. The second kappa shape index (κ2) is 7.63. The molecule has 0 saturated carbocycles. The average molecular weight is 357 g/mol. The number of likely N-dealkylation sites (tertiary alicyclic amines) is 1. The van der Waals surface area contributed by atoms with Gasteiger partial charge in [-0.3, -0.25) is 19.6 Å². The number of nitrogens with one attached hydrogen (secondary N) is 1. The number of aryl methyl sites for hydroxylation is 2. The number of aromatic nitrogens is 3. The first-order valence-corrected chi connectivity index (χ1v) is 8.72. The third-order valence-corrected chi connectivity index (χ3v) is 4.65. The zero-order valence-corrected chi connectivity index (χ0v) is 15.3. The second-order valence-corrected chi connectivity index (χ2v) is 6.57. The van der Waals surface area contributed by atoms with Crippen LogP contribution in [0.15, 0.2) is 16.9 Å². The SMILES string of the molecule is CC(=O)NCc1cncc([C@@H]2CCCN2C(=O)Cc2c(C)noc2C)n1. The Morgan fingerprint density at radius 2 is 2.15 bits per heavy atom. The Morgan fingerprint density at radius 1 is 1.35 bits per heavy atom. The van der Waals surface area contributed by atoms with Gasteiger partial charge >= 0.3 is 0 Å². The molecule has 26 heavy (non-hydrogen) atoms. The van der Waals surface area contributed by atoms with Gasteiger partial charge in [0.15, 0.2) is 0 Å². The van der Waals surface area contributed by atoms with Crippen LogP contribution in [-0.2, 0) is 22.6 Å². The maximum atomic E-state index is 12.9. The second-order valence-electron chi connectivity index (χ2n) is 6.57. The summed E-state index contributed by atoms with van der Waals surface area (Å²) in [5, 5.41) is 6.63. The van der Waals surface area contributed by atoms with Gasteiger partial charge in [0.25, 0.3) is 0 Å². The van der Waals surface area contributed by atoms with Crippen molar-refractivity contribution in [2.75, 3.05) is 6.54 Å². The Hall–Kier alpha value is -2.77. The standard InChI is InChI=1S/C18H23N5O3/c1-11-15(12(2)26-22-11)7-18(25)23-6-4-5-17(23)16-10-19-8-14(21-16)9-20-13(3)24/h8,10,17H,4-7,9H2,1-3H3,(H,20,24)/t17-/m0/s1. The summed E-state index contributed by atoms with van der Waals surface area (Å²) in [5.41, 5.74) is 3.05. The van der Waals surface area contributed by atoms with Crippen molar-refractivity contribution in [3.05, 3.63) is 40.8 Å². The zero-order chi connectivity index (χ0) is 18.7. The van der Waals surface area contributed by atoms with Crippen LogP contribution in [0.25, 0.3) is 0 Å². The molecule has 138 valence electrons. The molecule has 1 saturated heterocycles. The van der Waals surface area contributed by atoms with Crippen LogP contribution in [0.3, 0.4) is 0 Å². The van der Waals surface area contributed by atoms with E-state index in [1.165, 1.54) is 6.92 Å². The molecule has 8 nitrogen and oxygen atoms in total. The predicted octanol–water partition coefficient (Wildman–Crippen LogP) is 1.62. The predicted molar refractivity (Wildman–Crippen MR) is 92.9 cm³/mol. The molecule has 1 aliphatic heterocycles. The molecule has 2 amide bonds. The Kier molecular flexibility index (Phi) is 5.29. The van der Waals surface area contributed by atoms with E-state index in [1.54, 1.807) is 12.4 Å². The van der Waals surface area contributed by atoms with E-state index in [0.29, 0.717) is 24.5 Å². The molecule has 3 rings (SSSR count). The summed E-state index contributed by atoms with van der Waals surface area (Å²) in [4.78, 5) is 34.6. The highest BCUT2D eigenvalue weighted by Crippen LogP contribution is 2.31. The Bertz CT molecular complexity index is 797. The normalized spacial score (nSPS) is 16.7. The fourth-order valence-electron chi connectivity index (χ4n) is 3.26. The van der Waals surface area contributed by atoms with E-state index in [1.807, 2.05) is 18.7 Å². The fourth-order valence-corrected chi connectivity index (χ4v) is 3.26. The van der Waals surface area contributed by atoms with Crippen molar-refractivity contribution in [3.63, 3.8) is 0 Å². The molecule has 0 spiro atoms. The lowest BCUT2D eigenvalue weighted by Crippen LogP contribution is -2.32. The molecule has 0 radical (unpaired) electrons. The monoisotopic (exact) mass is 357 g/mol. The van der Waals surface area contributed by atoms with E-state index >= 15 is 0 Å². The van der Waals surface area contributed by atoms with Gasteiger partial charge in [-0.25, -0.2) is 0 Å². The van der Waals surface area contributed by atoms with Crippen molar-refractivity contribution < 1.29 is 14.1 Å². The number of rotatable bonds is 5. The lowest BCUT2D eigenvalue weighted by Gasteiger charge is -2.24. The number of carbonyl (C=O) groups is 2. The van der Waals surface area contributed by atoms with Crippen LogP contribution in [-0.4, -0.2) is 38.4 Å². The molecule has 1 fully saturated rings. The summed E-state index contributed by atoms with van der Waals surface area (Å²) in [5.74, 6) is 0.606. The van der Waals surface area contributed by atoms with Gasteiger partial charge in [0.1, 0.15) is 5.76 Å². The van der Waals surface area contributed by atoms with E-state index in [0.717, 1.165) is 29.8 Å². The summed E-state index contributed by atoms with van der Waals surface area (Å²) in [6, 6.07) is -0.0900. The minimum Gasteiger partial charge on any atom is -0.361 e. The van der Waals surface area contributed by atoms with Crippen LogP contribution in [0.1, 0.15) is 54.2 Å². The lowest BCUT2D eigenvalue weighted by atomic mass is 10.1. The van der Waals surface area contributed by atoms with Crippen molar-refractivity contribution in [3.8, 4) is 0 Å². The van der Waals surface area contributed by atoms with Crippen LogP contribution in [0, 0.1) is 13.8 Å². The first-order valence-electron chi connectivity index (χ1n) is 8.72. The summed E-state index contributed by atoms with van der Waals surface area (Å²) in [6.07, 6.45) is 5.38. The molecule has 1 aliphatic rings. The molecule has 1 N–H and O–H groups in total. The van der Waals surface area contributed by atoms with Crippen molar-refractivity contribution in [2.45, 2.75) is 52.6 Å². The highest BCUT2D eigenvalue weighted by atomic mass is 16.5. The molecule has 0 unspecified atom stereocenters. The lowest BCUT2D eigenvalue weighted by molar-refractivity contribution is -0.131. The summed E-state index contributed by atoms with van der Waals surface area (Å²) in [7, 11) is 0. The quantitative estimate of drug-likeness (QED) is 0.873. The number of nitrogens with zero attached hydrogens (tertiary/aromatic N) is 4. The fraction of sp³-hybridized carbons (Fsp3) is 0.500.